The van der Waals surface area contributed by atoms with E-state index in [2.05, 4.69) is 102 Å². The summed E-state index contributed by atoms with van der Waals surface area (Å²) >= 11 is 0. The highest BCUT2D eigenvalue weighted by Gasteiger charge is 2.04. The van der Waals surface area contributed by atoms with Gasteiger partial charge in [-0.2, -0.15) is 0 Å². The van der Waals surface area contributed by atoms with Gasteiger partial charge in [0.05, 0.1) is 0 Å². The van der Waals surface area contributed by atoms with E-state index in [0.29, 0.717) is 0 Å². The normalized spacial score (nSPS) is 9.90. The molecule has 0 aliphatic heterocycles. The van der Waals surface area contributed by atoms with Crippen LogP contribution in [0.4, 0.5) is 17.1 Å². The van der Waals surface area contributed by atoms with Crippen LogP contribution in [-0.4, -0.2) is 21.1 Å². The van der Waals surface area contributed by atoms with Gasteiger partial charge < -0.3 is 9.80 Å². The minimum Gasteiger partial charge on any atom is -0.378 e. The smallest absolute Gasteiger partial charge is 0.0414 e. The molecule has 0 fully saturated rings. The third-order valence-electron chi connectivity index (χ3n) is 4.76. The Morgan fingerprint density at radius 3 is 1.38 bits per heavy atom. The number of para-hydroxylation sites is 2. The van der Waals surface area contributed by atoms with Crippen LogP contribution in [0.2, 0.25) is 0 Å². The Labute approximate surface area is 174 Å². The second-order valence-electron chi connectivity index (χ2n) is 7.04. The van der Waals surface area contributed by atoms with E-state index in [1.165, 1.54) is 28.2 Å². The highest BCUT2D eigenvalue weighted by Crippen LogP contribution is 2.28. The van der Waals surface area contributed by atoms with Crippen molar-refractivity contribution in [2.45, 2.75) is 0 Å². The second-order valence-corrected chi connectivity index (χ2v) is 7.04. The van der Waals surface area contributed by atoms with Gasteiger partial charge in [-0.05, 0) is 47.5 Å². The Morgan fingerprint density at radius 1 is 0.414 bits per heavy atom. The summed E-state index contributed by atoms with van der Waals surface area (Å²) in [5.41, 5.74) is 6.12. The Morgan fingerprint density at radius 2 is 0.862 bits per heavy atom. The van der Waals surface area contributed by atoms with E-state index in [1.807, 2.05) is 44.4 Å². The van der Waals surface area contributed by atoms with Crippen molar-refractivity contribution in [1.82, 2.24) is 0 Å². The van der Waals surface area contributed by atoms with Crippen LogP contribution in [0.3, 0.4) is 0 Å². The van der Waals surface area contributed by atoms with Crippen LogP contribution in [-0.2, 0) is 0 Å². The van der Waals surface area contributed by atoms with Gasteiger partial charge in [-0.1, -0.05) is 78.9 Å². The molecule has 4 rings (SSSR count). The lowest BCUT2D eigenvalue weighted by molar-refractivity contribution is 1.13. The maximum Gasteiger partial charge on any atom is 0.0414 e. The lowest BCUT2D eigenvalue weighted by atomic mass is 10.0. The summed E-state index contributed by atoms with van der Waals surface area (Å²) in [6.07, 6.45) is 0. The molecule has 0 aromatic heterocycles. The van der Waals surface area contributed by atoms with Gasteiger partial charge in [0.1, 0.15) is 0 Å². The van der Waals surface area contributed by atoms with E-state index in [4.69, 9.17) is 0 Å². The Balaban J connectivity index is 0.000000224. The van der Waals surface area contributed by atoms with E-state index < -0.39 is 0 Å². The summed E-state index contributed by atoms with van der Waals surface area (Å²) in [7, 11) is 6.17. The highest BCUT2D eigenvalue weighted by molar-refractivity contribution is 5.71. The summed E-state index contributed by atoms with van der Waals surface area (Å²) in [4.78, 5) is 4.28. The van der Waals surface area contributed by atoms with Crippen molar-refractivity contribution in [1.29, 1.82) is 0 Å². The maximum atomic E-state index is 2.22. The van der Waals surface area contributed by atoms with Crippen molar-refractivity contribution in [2.24, 2.45) is 0 Å². The zero-order valence-corrected chi connectivity index (χ0v) is 17.4. The minimum absolute atomic E-state index is 1.19. The Hall–Kier alpha value is -3.52. The van der Waals surface area contributed by atoms with Gasteiger partial charge in [0, 0.05) is 38.2 Å². The standard InChI is InChI=1S/C19H17N.C8H11N/c1-20(18-12-6-3-7-13-18)19-14-8-11-17(15-19)16-9-4-2-5-10-16;1-9(2)8-6-4-3-5-7-8/h2-15H,1H3;3-7H,1-2H3. The predicted octanol–water partition coefficient (Wildman–Crippen LogP) is 6.87. The van der Waals surface area contributed by atoms with Crippen molar-refractivity contribution >= 4 is 17.1 Å². The minimum atomic E-state index is 1.19. The number of rotatable bonds is 4. The van der Waals surface area contributed by atoms with E-state index in [9.17, 15) is 0 Å². The first-order chi connectivity index (χ1) is 14.1. The van der Waals surface area contributed by atoms with Gasteiger partial charge in [-0.25, -0.2) is 0 Å². The van der Waals surface area contributed by atoms with E-state index in [1.54, 1.807) is 0 Å². The summed E-state index contributed by atoms with van der Waals surface area (Å²) in [5, 5.41) is 0. The lowest BCUT2D eigenvalue weighted by Crippen LogP contribution is -2.08. The molecular formula is C27H28N2. The van der Waals surface area contributed by atoms with Crippen molar-refractivity contribution in [3.8, 4) is 11.1 Å². The fourth-order valence-corrected chi connectivity index (χ4v) is 3.05. The Bertz CT molecular complexity index is 980. The largest absolute Gasteiger partial charge is 0.378 e. The molecule has 0 amide bonds. The SMILES string of the molecule is CN(C)c1ccccc1.CN(c1ccccc1)c1cccc(-c2ccccc2)c1. The molecule has 0 heterocycles. The first-order valence-electron chi connectivity index (χ1n) is 9.82. The zero-order chi connectivity index (χ0) is 20.5. The molecule has 0 aliphatic carbocycles. The third-order valence-corrected chi connectivity index (χ3v) is 4.76. The van der Waals surface area contributed by atoms with Crippen molar-refractivity contribution in [2.75, 3.05) is 30.9 Å². The van der Waals surface area contributed by atoms with E-state index in [0.717, 1.165) is 0 Å². The molecule has 0 saturated carbocycles. The van der Waals surface area contributed by atoms with Crippen LogP contribution in [0.25, 0.3) is 11.1 Å². The van der Waals surface area contributed by atoms with Crippen molar-refractivity contribution in [3.05, 3.63) is 115 Å². The first-order valence-corrected chi connectivity index (χ1v) is 9.82. The van der Waals surface area contributed by atoms with Crippen LogP contribution in [0.15, 0.2) is 115 Å². The fourth-order valence-electron chi connectivity index (χ4n) is 3.05. The third kappa shape index (κ3) is 5.73. The van der Waals surface area contributed by atoms with Crippen LogP contribution in [0.1, 0.15) is 0 Å². The summed E-state index contributed by atoms with van der Waals surface area (Å²) in [6, 6.07) is 39.8. The van der Waals surface area contributed by atoms with Gasteiger partial charge in [0.2, 0.25) is 0 Å². The number of hydrogen-bond donors (Lipinski definition) is 0. The van der Waals surface area contributed by atoms with E-state index in [-0.39, 0.29) is 0 Å². The van der Waals surface area contributed by atoms with Gasteiger partial charge >= 0.3 is 0 Å². The predicted molar refractivity (Wildman–Crippen MR) is 127 cm³/mol. The van der Waals surface area contributed by atoms with Crippen LogP contribution in [0, 0.1) is 0 Å². The monoisotopic (exact) mass is 380 g/mol. The summed E-state index contributed by atoms with van der Waals surface area (Å²) in [5.74, 6) is 0. The van der Waals surface area contributed by atoms with Gasteiger partial charge in [-0.15, -0.1) is 0 Å². The molecule has 0 bridgehead atoms. The van der Waals surface area contributed by atoms with E-state index >= 15 is 0 Å². The number of hydrogen-bond acceptors (Lipinski definition) is 2. The summed E-state index contributed by atoms with van der Waals surface area (Å²) < 4.78 is 0. The van der Waals surface area contributed by atoms with Crippen LogP contribution < -0.4 is 9.80 Å². The van der Waals surface area contributed by atoms with Crippen molar-refractivity contribution < 1.29 is 0 Å². The number of nitrogens with zero attached hydrogens (tertiary/aromatic N) is 2. The molecule has 0 spiro atoms. The number of benzene rings is 4. The van der Waals surface area contributed by atoms with Gasteiger partial charge in [-0.3, -0.25) is 0 Å². The second kappa shape index (κ2) is 10.1. The molecular weight excluding hydrogens is 352 g/mol. The topological polar surface area (TPSA) is 6.48 Å². The van der Waals surface area contributed by atoms with Crippen LogP contribution in [0.5, 0.6) is 0 Å². The zero-order valence-electron chi connectivity index (χ0n) is 17.4. The average Bonchev–Trinajstić information content (AvgIpc) is 2.81. The molecule has 0 aliphatic rings. The fraction of sp³-hybridized carbons (Fsp3) is 0.111. The molecule has 2 nitrogen and oxygen atoms in total. The molecule has 0 N–H and O–H groups in total. The average molecular weight is 381 g/mol. The molecule has 146 valence electrons. The van der Waals surface area contributed by atoms with Crippen molar-refractivity contribution in [3.63, 3.8) is 0 Å². The molecule has 2 heteroatoms. The maximum absolute atomic E-state index is 2.22. The first kappa shape index (κ1) is 20.2. The highest BCUT2D eigenvalue weighted by atomic mass is 15.1. The number of anilines is 3. The molecule has 0 unspecified atom stereocenters. The van der Waals surface area contributed by atoms with Crippen LogP contribution >= 0.6 is 0 Å². The molecule has 0 saturated heterocycles. The molecule has 29 heavy (non-hydrogen) atoms. The molecule has 4 aromatic carbocycles. The Kier molecular flexibility index (Phi) is 7.07. The van der Waals surface area contributed by atoms with Gasteiger partial charge in [0.15, 0.2) is 0 Å². The summed E-state index contributed by atoms with van der Waals surface area (Å²) in [6.45, 7) is 0. The molecule has 0 radical (unpaired) electrons. The molecule has 0 atom stereocenters. The van der Waals surface area contributed by atoms with Gasteiger partial charge in [0.25, 0.3) is 0 Å². The molecule has 4 aromatic rings. The lowest BCUT2D eigenvalue weighted by Gasteiger charge is -2.20. The quantitative estimate of drug-likeness (QED) is 0.381.